The second-order valence-electron chi connectivity index (χ2n) is 4.17. The molecule has 0 amide bonds. The molecule has 0 heterocycles. The van der Waals surface area contributed by atoms with Gasteiger partial charge in [0.25, 0.3) is 0 Å². The summed E-state index contributed by atoms with van der Waals surface area (Å²) in [6, 6.07) is 3.28. The molecule has 1 aromatic rings. The first-order valence-electron chi connectivity index (χ1n) is 5.49. The summed E-state index contributed by atoms with van der Waals surface area (Å²) < 4.78 is 26.1. The van der Waals surface area contributed by atoms with Gasteiger partial charge in [-0.05, 0) is 30.0 Å². The number of hydrazine groups is 1. The number of nitrogens with one attached hydrogen (secondary N) is 1. The maximum Gasteiger partial charge on any atom is 0.126 e. The smallest absolute Gasteiger partial charge is 0.126 e. The fourth-order valence-corrected chi connectivity index (χ4v) is 1.65. The molecule has 4 heteroatoms. The van der Waals surface area contributed by atoms with Gasteiger partial charge in [0.15, 0.2) is 0 Å². The Labute approximate surface area is 94.8 Å². The highest BCUT2D eigenvalue weighted by molar-refractivity contribution is 5.21. The van der Waals surface area contributed by atoms with E-state index in [2.05, 4.69) is 19.3 Å². The monoisotopic (exact) mass is 228 g/mol. The third-order valence-electron chi connectivity index (χ3n) is 2.82. The van der Waals surface area contributed by atoms with Crippen molar-refractivity contribution in [2.45, 2.75) is 32.7 Å². The molecule has 0 spiro atoms. The topological polar surface area (TPSA) is 38.0 Å². The van der Waals surface area contributed by atoms with Crippen molar-refractivity contribution in [3.05, 3.63) is 35.4 Å². The predicted octanol–water partition coefficient (Wildman–Crippen LogP) is 2.91. The lowest BCUT2D eigenvalue weighted by molar-refractivity contribution is 0.405. The van der Waals surface area contributed by atoms with E-state index >= 15 is 0 Å². The van der Waals surface area contributed by atoms with Crippen molar-refractivity contribution in [3.63, 3.8) is 0 Å². The van der Waals surface area contributed by atoms with Crippen LogP contribution in [-0.2, 0) is 0 Å². The van der Waals surface area contributed by atoms with Crippen molar-refractivity contribution in [2.24, 2.45) is 11.8 Å². The Bertz CT molecular complexity index is 322. The second-order valence-corrected chi connectivity index (χ2v) is 4.17. The third-order valence-corrected chi connectivity index (χ3v) is 2.82. The first-order valence-corrected chi connectivity index (χ1v) is 5.49. The van der Waals surface area contributed by atoms with Crippen LogP contribution in [0.3, 0.4) is 0 Å². The van der Waals surface area contributed by atoms with Crippen molar-refractivity contribution < 1.29 is 8.78 Å². The Hall–Kier alpha value is -1.00. The van der Waals surface area contributed by atoms with E-state index in [0.717, 1.165) is 18.9 Å². The van der Waals surface area contributed by atoms with Crippen LogP contribution < -0.4 is 11.3 Å². The maximum atomic E-state index is 13.0. The first kappa shape index (κ1) is 13.1. The Morgan fingerprint density at radius 1 is 1.25 bits per heavy atom. The number of hydrogen-bond acceptors (Lipinski definition) is 2. The summed E-state index contributed by atoms with van der Waals surface area (Å²) in [5.74, 6) is 4.72. The van der Waals surface area contributed by atoms with Crippen molar-refractivity contribution in [2.75, 3.05) is 0 Å². The standard InChI is InChI=1S/C12H18F2N2/c1-3-8(2)4-12(16-15)9-5-10(13)7-11(14)6-9/h5-8,12,16H,3-4,15H2,1-2H3. The zero-order valence-corrected chi connectivity index (χ0v) is 9.63. The molecule has 0 bridgehead atoms. The minimum absolute atomic E-state index is 0.208. The minimum Gasteiger partial charge on any atom is -0.271 e. The van der Waals surface area contributed by atoms with Crippen LogP contribution in [0.4, 0.5) is 8.78 Å². The average molecular weight is 228 g/mol. The van der Waals surface area contributed by atoms with Crippen LogP contribution in [-0.4, -0.2) is 0 Å². The number of halogens is 2. The molecule has 0 saturated carbocycles. The van der Waals surface area contributed by atoms with E-state index in [1.807, 2.05) is 0 Å². The summed E-state index contributed by atoms with van der Waals surface area (Å²) in [6.07, 6.45) is 1.77. The lowest BCUT2D eigenvalue weighted by Crippen LogP contribution is -2.29. The number of rotatable bonds is 5. The van der Waals surface area contributed by atoms with Crippen LogP contribution >= 0.6 is 0 Å². The molecule has 3 N–H and O–H groups in total. The van der Waals surface area contributed by atoms with Crippen LogP contribution in [0.2, 0.25) is 0 Å². The summed E-state index contributed by atoms with van der Waals surface area (Å²) in [4.78, 5) is 0. The highest BCUT2D eigenvalue weighted by Gasteiger charge is 2.14. The van der Waals surface area contributed by atoms with Crippen LogP contribution in [0, 0.1) is 17.6 Å². The highest BCUT2D eigenvalue weighted by Crippen LogP contribution is 2.23. The average Bonchev–Trinajstić information content (AvgIpc) is 2.24. The molecule has 1 aromatic carbocycles. The van der Waals surface area contributed by atoms with Crippen molar-refractivity contribution in [1.82, 2.24) is 5.43 Å². The fraction of sp³-hybridized carbons (Fsp3) is 0.500. The van der Waals surface area contributed by atoms with E-state index in [9.17, 15) is 8.78 Å². The third kappa shape index (κ3) is 3.54. The van der Waals surface area contributed by atoms with E-state index in [-0.39, 0.29) is 6.04 Å². The summed E-state index contributed by atoms with van der Waals surface area (Å²) in [5, 5.41) is 0. The molecular weight excluding hydrogens is 210 g/mol. The second kappa shape index (κ2) is 5.92. The highest BCUT2D eigenvalue weighted by atomic mass is 19.1. The molecule has 0 radical (unpaired) electrons. The molecular formula is C12H18F2N2. The van der Waals surface area contributed by atoms with Crippen LogP contribution in [0.1, 0.15) is 38.3 Å². The molecule has 0 fully saturated rings. The van der Waals surface area contributed by atoms with Gasteiger partial charge in [0.1, 0.15) is 11.6 Å². The van der Waals surface area contributed by atoms with Crippen LogP contribution in [0.25, 0.3) is 0 Å². The number of benzene rings is 1. The quantitative estimate of drug-likeness (QED) is 0.600. The molecule has 2 atom stereocenters. The zero-order chi connectivity index (χ0) is 12.1. The SMILES string of the molecule is CCC(C)CC(NN)c1cc(F)cc(F)c1. The summed E-state index contributed by atoms with van der Waals surface area (Å²) in [5.41, 5.74) is 3.16. The van der Waals surface area contributed by atoms with E-state index in [1.165, 1.54) is 12.1 Å². The lowest BCUT2D eigenvalue weighted by Gasteiger charge is -2.20. The molecule has 16 heavy (non-hydrogen) atoms. The summed E-state index contributed by atoms with van der Waals surface area (Å²) in [6.45, 7) is 4.16. The van der Waals surface area contributed by atoms with Crippen molar-refractivity contribution in [1.29, 1.82) is 0 Å². The van der Waals surface area contributed by atoms with Gasteiger partial charge in [0.05, 0.1) is 0 Å². The Morgan fingerprint density at radius 3 is 2.25 bits per heavy atom. The van der Waals surface area contributed by atoms with Gasteiger partial charge in [0.2, 0.25) is 0 Å². The summed E-state index contributed by atoms with van der Waals surface area (Å²) >= 11 is 0. The molecule has 0 aliphatic rings. The van der Waals surface area contributed by atoms with Gasteiger partial charge >= 0.3 is 0 Å². The van der Waals surface area contributed by atoms with E-state index < -0.39 is 11.6 Å². The van der Waals surface area contributed by atoms with Gasteiger partial charge in [-0.2, -0.15) is 0 Å². The van der Waals surface area contributed by atoms with Crippen molar-refractivity contribution in [3.8, 4) is 0 Å². The minimum atomic E-state index is -0.570. The van der Waals surface area contributed by atoms with Gasteiger partial charge in [-0.1, -0.05) is 20.3 Å². The molecule has 0 aliphatic carbocycles. The normalized spacial score (nSPS) is 14.8. The zero-order valence-electron chi connectivity index (χ0n) is 9.63. The van der Waals surface area contributed by atoms with Gasteiger partial charge < -0.3 is 0 Å². The molecule has 1 rings (SSSR count). The number of hydrogen-bond donors (Lipinski definition) is 2. The van der Waals surface area contributed by atoms with Crippen molar-refractivity contribution >= 4 is 0 Å². The number of nitrogens with two attached hydrogens (primary N) is 1. The largest absolute Gasteiger partial charge is 0.271 e. The maximum absolute atomic E-state index is 13.0. The van der Waals surface area contributed by atoms with E-state index in [4.69, 9.17) is 5.84 Å². The molecule has 0 aromatic heterocycles. The first-order chi connectivity index (χ1) is 7.56. The fourth-order valence-electron chi connectivity index (χ4n) is 1.65. The lowest BCUT2D eigenvalue weighted by atomic mass is 9.94. The van der Waals surface area contributed by atoms with Crippen LogP contribution in [0.5, 0.6) is 0 Å². The molecule has 0 saturated heterocycles. The molecule has 2 unspecified atom stereocenters. The Balaban J connectivity index is 2.86. The Morgan fingerprint density at radius 2 is 1.81 bits per heavy atom. The van der Waals surface area contributed by atoms with Gasteiger partial charge in [-0.15, -0.1) is 0 Å². The Kier molecular flexibility index (Phi) is 4.83. The molecule has 90 valence electrons. The predicted molar refractivity (Wildman–Crippen MR) is 60.5 cm³/mol. The summed E-state index contributed by atoms with van der Waals surface area (Å²) in [7, 11) is 0. The van der Waals surface area contributed by atoms with Gasteiger partial charge in [0, 0.05) is 12.1 Å². The van der Waals surface area contributed by atoms with Crippen LogP contribution in [0.15, 0.2) is 18.2 Å². The van der Waals surface area contributed by atoms with E-state index in [0.29, 0.717) is 11.5 Å². The van der Waals surface area contributed by atoms with Gasteiger partial charge in [-0.25, -0.2) is 8.78 Å². The van der Waals surface area contributed by atoms with Gasteiger partial charge in [-0.3, -0.25) is 11.3 Å². The molecule has 0 aliphatic heterocycles. The van der Waals surface area contributed by atoms with E-state index in [1.54, 1.807) is 0 Å². The molecule has 2 nitrogen and oxygen atoms in total.